The van der Waals surface area contributed by atoms with Crippen LogP contribution >= 0.6 is 0 Å². The molecule has 150 valence electrons. The van der Waals surface area contributed by atoms with Crippen LogP contribution in [0.25, 0.3) is 0 Å². The molecular formula is C19H29N3O5. The van der Waals surface area contributed by atoms with Gasteiger partial charge in [0.1, 0.15) is 17.0 Å². The highest BCUT2D eigenvalue weighted by Crippen LogP contribution is 2.12. The van der Waals surface area contributed by atoms with Crippen molar-refractivity contribution in [1.82, 2.24) is 10.3 Å². The number of anilines is 1. The molecule has 1 rings (SSSR count). The summed E-state index contributed by atoms with van der Waals surface area (Å²) in [4.78, 5) is 39.4. The zero-order valence-electron chi connectivity index (χ0n) is 16.8. The van der Waals surface area contributed by atoms with Crippen molar-refractivity contribution in [3.8, 4) is 0 Å². The van der Waals surface area contributed by atoms with Crippen molar-refractivity contribution < 1.29 is 23.9 Å². The first-order valence-electron chi connectivity index (χ1n) is 8.82. The quantitative estimate of drug-likeness (QED) is 0.573. The van der Waals surface area contributed by atoms with Gasteiger partial charge in [0, 0.05) is 24.7 Å². The van der Waals surface area contributed by atoms with E-state index in [-0.39, 0.29) is 12.2 Å². The highest BCUT2D eigenvalue weighted by atomic mass is 16.6. The third kappa shape index (κ3) is 10.2. The van der Waals surface area contributed by atoms with Gasteiger partial charge < -0.3 is 14.8 Å². The number of pyridine rings is 1. The van der Waals surface area contributed by atoms with Gasteiger partial charge in [-0.2, -0.15) is 0 Å². The van der Waals surface area contributed by atoms with Crippen LogP contribution in [-0.2, 0) is 9.47 Å². The van der Waals surface area contributed by atoms with Crippen LogP contribution in [0.4, 0.5) is 15.4 Å². The molecule has 1 aromatic rings. The fourth-order valence-corrected chi connectivity index (χ4v) is 1.94. The summed E-state index contributed by atoms with van der Waals surface area (Å²) in [7, 11) is 0. The van der Waals surface area contributed by atoms with Crippen molar-refractivity contribution in [1.29, 1.82) is 0 Å². The number of rotatable bonds is 6. The van der Waals surface area contributed by atoms with Crippen molar-refractivity contribution in [2.75, 3.05) is 11.9 Å². The third-order valence-electron chi connectivity index (χ3n) is 2.96. The minimum absolute atomic E-state index is 0.0997. The first-order valence-corrected chi connectivity index (χ1v) is 8.82. The Morgan fingerprint density at radius 1 is 0.963 bits per heavy atom. The Hall–Kier alpha value is -2.64. The summed E-state index contributed by atoms with van der Waals surface area (Å²) in [5.74, 6) is 0.199. The van der Waals surface area contributed by atoms with Crippen LogP contribution in [0.5, 0.6) is 0 Å². The Morgan fingerprint density at radius 3 is 2.07 bits per heavy atom. The van der Waals surface area contributed by atoms with Gasteiger partial charge in [-0.1, -0.05) is 0 Å². The van der Waals surface area contributed by atoms with Gasteiger partial charge in [-0.25, -0.2) is 14.6 Å². The van der Waals surface area contributed by atoms with Crippen molar-refractivity contribution in [3.05, 3.63) is 23.9 Å². The molecule has 2 amide bonds. The lowest BCUT2D eigenvalue weighted by Gasteiger charge is -2.19. The number of Topliss-reactive ketones (excluding diaryl/α,β-unsaturated/α-hetero) is 1. The third-order valence-corrected chi connectivity index (χ3v) is 2.96. The predicted octanol–water partition coefficient (Wildman–Crippen LogP) is 3.92. The second-order valence-corrected chi connectivity index (χ2v) is 8.01. The lowest BCUT2D eigenvalue weighted by molar-refractivity contribution is 0.0524. The SMILES string of the molecule is CC(C)(C)OC(=O)NCCCC(=O)c1ccc(NC(=O)OC(C)(C)C)nc1. The molecule has 0 atom stereocenters. The number of aromatic nitrogens is 1. The molecule has 0 aromatic carbocycles. The van der Waals surface area contributed by atoms with Crippen molar-refractivity contribution >= 4 is 23.8 Å². The molecule has 1 aromatic heterocycles. The lowest BCUT2D eigenvalue weighted by Crippen LogP contribution is -2.33. The van der Waals surface area contributed by atoms with Gasteiger partial charge in [0.2, 0.25) is 0 Å². The Kier molecular flexibility index (Phi) is 7.75. The number of hydrogen-bond acceptors (Lipinski definition) is 6. The molecule has 0 aliphatic rings. The zero-order chi connectivity index (χ0) is 20.7. The first-order chi connectivity index (χ1) is 12.4. The smallest absolute Gasteiger partial charge is 0.413 e. The molecule has 27 heavy (non-hydrogen) atoms. The summed E-state index contributed by atoms with van der Waals surface area (Å²) in [6, 6.07) is 3.12. The molecule has 8 nitrogen and oxygen atoms in total. The van der Waals surface area contributed by atoms with Crippen LogP contribution in [0.1, 0.15) is 64.7 Å². The van der Waals surface area contributed by atoms with E-state index in [0.29, 0.717) is 24.3 Å². The largest absolute Gasteiger partial charge is 0.444 e. The lowest BCUT2D eigenvalue weighted by atomic mass is 10.1. The number of carbonyl (C=O) groups excluding carboxylic acids is 3. The molecule has 0 aliphatic carbocycles. The minimum Gasteiger partial charge on any atom is -0.444 e. The second-order valence-electron chi connectivity index (χ2n) is 8.01. The fourth-order valence-electron chi connectivity index (χ4n) is 1.94. The van der Waals surface area contributed by atoms with Crippen LogP contribution in [0, 0.1) is 0 Å². The molecule has 0 saturated carbocycles. The summed E-state index contributed by atoms with van der Waals surface area (Å²) in [6.07, 6.45) is 1.03. The molecule has 0 aliphatic heterocycles. The summed E-state index contributed by atoms with van der Waals surface area (Å²) >= 11 is 0. The molecule has 0 fully saturated rings. The number of ketones is 1. The number of amides is 2. The van der Waals surface area contributed by atoms with E-state index in [1.165, 1.54) is 12.3 Å². The topological polar surface area (TPSA) is 107 Å². The molecule has 8 heteroatoms. The van der Waals surface area contributed by atoms with Crippen LogP contribution in [-0.4, -0.2) is 40.7 Å². The average molecular weight is 379 g/mol. The van der Waals surface area contributed by atoms with Crippen molar-refractivity contribution in [2.24, 2.45) is 0 Å². The Morgan fingerprint density at radius 2 is 1.56 bits per heavy atom. The maximum absolute atomic E-state index is 12.1. The van der Waals surface area contributed by atoms with Gasteiger partial charge >= 0.3 is 12.2 Å². The summed E-state index contributed by atoms with van der Waals surface area (Å²) in [6.45, 7) is 11.0. The van der Waals surface area contributed by atoms with Crippen LogP contribution in [0.15, 0.2) is 18.3 Å². The second kappa shape index (κ2) is 9.34. The minimum atomic E-state index is -0.609. The monoisotopic (exact) mass is 379 g/mol. The molecular weight excluding hydrogens is 350 g/mol. The van der Waals surface area contributed by atoms with Gasteiger partial charge in [-0.15, -0.1) is 0 Å². The Balaban J connectivity index is 2.40. The molecule has 1 heterocycles. The van der Waals surface area contributed by atoms with E-state index in [9.17, 15) is 14.4 Å². The summed E-state index contributed by atoms with van der Waals surface area (Å²) < 4.78 is 10.2. The van der Waals surface area contributed by atoms with Gasteiger partial charge in [-0.3, -0.25) is 10.1 Å². The van der Waals surface area contributed by atoms with Crippen LogP contribution in [0.2, 0.25) is 0 Å². The molecule has 0 radical (unpaired) electrons. The van der Waals surface area contributed by atoms with E-state index in [1.807, 2.05) is 0 Å². The van der Waals surface area contributed by atoms with Gasteiger partial charge in [-0.05, 0) is 60.1 Å². The van der Waals surface area contributed by atoms with E-state index < -0.39 is 23.4 Å². The van der Waals surface area contributed by atoms with E-state index >= 15 is 0 Å². The highest BCUT2D eigenvalue weighted by Gasteiger charge is 2.17. The summed E-state index contributed by atoms with van der Waals surface area (Å²) in [5, 5.41) is 5.11. The van der Waals surface area contributed by atoms with E-state index in [4.69, 9.17) is 9.47 Å². The number of ether oxygens (including phenoxy) is 2. The molecule has 0 spiro atoms. The number of alkyl carbamates (subject to hydrolysis) is 1. The van der Waals surface area contributed by atoms with E-state index in [0.717, 1.165) is 0 Å². The normalized spacial score (nSPS) is 11.5. The predicted molar refractivity (Wildman–Crippen MR) is 102 cm³/mol. The van der Waals surface area contributed by atoms with Gasteiger partial charge in [0.05, 0.1) is 0 Å². The maximum Gasteiger partial charge on any atom is 0.413 e. The van der Waals surface area contributed by atoms with Crippen LogP contribution < -0.4 is 10.6 Å². The highest BCUT2D eigenvalue weighted by molar-refractivity contribution is 5.96. The van der Waals surface area contributed by atoms with Crippen molar-refractivity contribution in [2.45, 2.75) is 65.6 Å². The van der Waals surface area contributed by atoms with E-state index in [1.54, 1.807) is 47.6 Å². The fraction of sp³-hybridized carbons (Fsp3) is 0.579. The standard InChI is InChI=1S/C19H29N3O5/c1-18(2,3)26-16(24)20-11-7-8-14(23)13-9-10-15(21-12-13)22-17(25)27-19(4,5)6/h9-10,12H,7-8,11H2,1-6H3,(H,20,24)(H,21,22,25). The number of nitrogens with zero attached hydrogens (tertiary/aromatic N) is 1. The number of nitrogens with one attached hydrogen (secondary N) is 2. The summed E-state index contributed by atoms with van der Waals surface area (Å²) in [5.41, 5.74) is -0.726. The van der Waals surface area contributed by atoms with Gasteiger partial charge in [0.25, 0.3) is 0 Å². The van der Waals surface area contributed by atoms with Gasteiger partial charge in [0.15, 0.2) is 5.78 Å². The Labute approximate surface area is 160 Å². The van der Waals surface area contributed by atoms with Crippen LogP contribution in [0.3, 0.4) is 0 Å². The first kappa shape index (κ1) is 22.4. The zero-order valence-corrected chi connectivity index (χ0v) is 16.8. The number of carbonyl (C=O) groups is 3. The molecule has 0 unspecified atom stereocenters. The number of hydrogen-bond donors (Lipinski definition) is 2. The molecule has 2 N–H and O–H groups in total. The Bertz CT molecular complexity index is 657. The molecule has 0 bridgehead atoms. The van der Waals surface area contributed by atoms with E-state index in [2.05, 4.69) is 15.6 Å². The molecule has 0 saturated heterocycles. The average Bonchev–Trinajstić information content (AvgIpc) is 2.48. The maximum atomic E-state index is 12.1. The van der Waals surface area contributed by atoms with Crippen molar-refractivity contribution in [3.63, 3.8) is 0 Å².